The zero-order valence-corrected chi connectivity index (χ0v) is 12.8. The molecule has 0 atom stereocenters. The monoisotopic (exact) mass is 298 g/mol. The van der Waals surface area contributed by atoms with Gasteiger partial charge in [-0.15, -0.1) is 4.73 Å². The van der Waals surface area contributed by atoms with E-state index in [1.165, 1.54) is 4.68 Å². The molecule has 0 amide bonds. The molecule has 3 aromatic rings. The molecule has 0 saturated heterocycles. The van der Waals surface area contributed by atoms with Crippen molar-refractivity contribution in [2.75, 3.05) is 0 Å². The zero-order valence-electron chi connectivity index (χ0n) is 12.8. The van der Waals surface area contributed by atoms with E-state index in [0.717, 1.165) is 17.8 Å². The van der Waals surface area contributed by atoms with E-state index in [1.807, 2.05) is 13.0 Å². The number of fused-ring (bicyclic) bond motifs is 1. The molecule has 0 spiro atoms. The number of nitrogens with zero attached hydrogens (tertiary/aromatic N) is 4. The SMILES string of the molecule is Cc1cc(CC(C)C)nn1-c1nc2ccccc2c(=O)n1O. The molecule has 22 heavy (non-hydrogen) atoms. The molecule has 0 fully saturated rings. The summed E-state index contributed by atoms with van der Waals surface area (Å²) in [5.74, 6) is 0.583. The van der Waals surface area contributed by atoms with Crippen molar-refractivity contribution in [2.45, 2.75) is 27.2 Å². The Morgan fingerprint density at radius 1 is 1.27 bits per heavy atom. The van der Waals surface area contributed by atoms with Crippen LogP contribution < -0.4 is 5.56 Å². The molecule has 1 aromatic carbocycles. The molecule has 0 aliphatic heterocycles. The zero-order chi connectivity index (χ0) is 15.9. The maximum atomic E-state index is 12.3. The summed E-state index contributed by atoms with van der Waals surface area (Å²) in [6, 6.07) is 8.88. The number of aryl methyl sites for hydroxylation is 1. The van der Waals surface area contributed by atoms with Crippen LogP contribution in [-0.2, 0) is 6.42 Å². The fourth-order valence-corrected chi connectivity index (χ4v) is 2.51. The molecule has 3 rings (SSSR count). The van der Waals surface area contributed by atoms with Crippen molar-refractivity contribution < 1.29 is 5.21 Å². The maximum absolute atomic E-state index is 12.3. The molecule has 2 aromatic heterocycles. The van der Waals surface area contributed by atoms with Gasteiger partial charge >= 0.3 is 0 Å². The van der Waals surface area contributed by atoms with Crippen LogP contribution in [0.4, 0.5) is 0 Å². The molecule has 2 heterocycles. The highest BCUT2D eigenvalue weighted by molar-refractivity contribution is 5.77. The van der Waals surface area contributed by atoms with E-state index in [4.69, 9.17) is 0 Å². The normalized spacial score (nSPS) is 11.5. The summed E-state index contributed by atoms with van der Waals surface area (Å²) in [7, 11) is 0. The Hall–Kier alpha value is -2.63. The summed E-state index contributed by atoms with van der Waals surface area (Å²) in [4.78, 5) is 16.6. The minimum absolute atomic E-state index is 0.108. The number of benzene rings is 1. The second-order valence-electron chi connectivity index (χ2n) is 5.83. The van der Waals surface area contributed by atoms with Gasteiger partial charge in [-0.3, -0.25) is 4.79 Å². The van der Waals surface area contributed by atoms with Crippen LogP contribution in [0.3, 0.4) is 0 Å². The molecular weight excluding hydrogens is 280 g/mol. The van der Waals surface area contributed by atoms with Gasteiger partial charge in [0.1, 0.15) is 0 Å². The van der Waals surface area contributed by atoms with Crippen molar-refractivity contribution in [2.24, 2.45) is 5.92 Å². The van der Waals surface area contributed by atoms with E-state index >= 15 is 0 Å². The standard InChI is InChI=1S/C16H18N4O2/c1-10(2)8-12-9-11(3)19(18-12)16-17-14-7-5-4-6-13(14)15(21)20(16)22/h4-7,9-10,22H,8H2,1-3H3. The van der Waals surface area contributed by atoms with Gasteiger partial charge in [-0.05, 0) is 37.5 Å². The van der Waals surface area contributed by atoms with Crippen molar-refractivity contribution in [3.8, 4) is 5.95 Å². The molecule has 0 saturated carbocycles. The Morgan fingerprint density at radius 2 is 2.00 bits per heavy atom. The lowest BCUT2D eigenvalue weighted by Gasteiger charge is -2.08. The van der Waals surface area contributed by atoms with Crippen LogP contribution in [0.5, 0.6) is 0 Å². The number of aromatic nitrogens is 4. The lowest BCUT2D eigenvalue weighted by Crippen LogP contribution is -2.25. The first-order chi connectivity index (χ1) is 10.5. The Bertz CT molecular complexity index is 893. The average Bonchev–Trinajstić information content (AvgIpc) is 2.82. The number of hydrogen-bond donors (Lipinski definition) is 1. The van der Waals surface area contributed by atoms with E-state index in [-0.39, 0.29) is 5.95 Å². The quantitative estimate of drug-likeness (QED) is 0.753. The summed E-state index contributed by atoms with van der Waals surface area (Å²) in [5.41, 5.74) is 1.77. The van der Waals surface area contributed by atoms with Gasteiger partial charge in [0, 0.05) is 5.69 Å². The van der Waals surface area contributed by atoms with E-state index in [9.17, 15) is 10.0 Å². The molecule has 1 N–H and O–H groups in total. The number of para-hydroxylation sites is 1. The second kappa shape index (κ2) is 5.29. The highest BCUT2D eigenvalue weighted by Crippen LogP contribution is 2.14. The van der Waals surface area contributed by atoms with Gasteiger partial charge < -0.3 is 5.21 Å². The van der Waals surface area contributed by atoms with Crippen LogP contribution >= 0.6 is 0 Å². The van der Waals surface area contributed by atoms with E-state index in [0.29, 0.717) is 21.6 Å². The Morgan fingerprint density at radius 3 is 2.73 bits per heavy atom. The van der Waals surface area contributed by atoms with Crippen LogP contribution in [0.25, 0.3) is 16.9 Å². The summed E-state index contributed by atoms with van der Waals surface area (Å²) < 4.78 is 2.06. The van der Waals surface area contributed by atoms with Crippen molar-refractivity contribution >= 4 is 10.9 Å². The first kappa shape index (κ1) is 14.3. The fraction of sp³-hybridized carbons (Fsp3) is 0.312. The van der Waals surface area contributed by atoms with Gasteiger partial charge in [0.05, 0.1) is 16.6 Å². The smallest absolute Gasteiger partial charge is 0.295 e. The summed E-state index contributed by atoms with van der Waals surface area (Å²) >= 11 is 0. The Kier molecular flexibility index (Phi) is 3.44. The van der Waals surface area contributed by atoms with Gasteiger partial charge in [0.15, 0.2) is 0 Å². The van der Waals surface area contributed by atoms with Gasteiger partial charge in [-0.1, -0.05) is 26.0 Å². The van der Waals surface area contributed by atoms with Gasteiger partial charge in [-0.2, -0.15) is 5.10 Å². The first-order valence-corrected chi connectivity index (χ1v) is 7.24. The van der Waals surface area contributed by atoms with Crippen molar-refractivity contribution in [3.05, 3.63) is 52.1 Å². The van der Waals surface area contributed by atoms with E-state index in [1.54, 1.807) is 24.3 Å². The van der Waals surface area contributed by atoms with Crippen molar-refractivity contribution in [1.29, 1.82) is 0 Å². The number of rotatable bonds is 3. The number of hydrogen-bond acceptors (Lipinski definition) is 4. The van der Waals surface area contributed by atoms with Crippen molar-refractivity contribution in [3.63, 3.8) is 0 Å². The molecule has 6 nitrogen and oxygen atoms in total. The summed E-state index contributed by atoms with van der Waals surface area (Å²) in [6.07, 6.45) is 0.830. The first-order valence-electron chi connectivity index (χ1n) is 7.24. The minimum Gasteiger partial charge on any atom is -0.422 e. The Labute approximate surface area is 127 Å². The predicted molar refractivity (Wildman–Crippen MR) is 83.6 cm³/mol. The third kappa shape index (κ3) is 2.36. The second-order valence-corrected chi connectivity index (χ2v) is 5.83. The summed E-state index contributed by atoms with van der Waals surface area (Å²) in [6.45, 7) is 6.10. The molecule has 0 radical (unpaired) electrons. The average molecular weight is 298 g/mol. The lowest BCUT2D eigenvalue weighted by atomic mass is 10.1. The molecule has 114 valence electrons. The molecule has 0 unspecified atom stereocenters. The maximum Gasteiger partial charge on any atom is 0.295 e. The van der Waals surface area contributed by atoms with E-state index < -0.39 is 5.56 Å². The van der Waals surface area contributed by atoms with Crippen LogP contribution in [0.2, 0.25) is 0 Å². The molecular formula is C16H18N4O2. The predicted octanol–water partition coefficient (Wildman–Crippen LogP) is 2.33. The van der Waals surface area contributed by atoms with Crippen LogP contribution in [0, 0.1) is 12.8 Å². The van der Waals surface area contributed by atoms with Crippen LogP contribution in [0.1, 0.15) is 25.2 Å². The third-order valence-electron chi connectivity index (χ3n) is 3.48. The highest BCUT2D eigenvalue weighted by Gasteiger charge is 2.15. The van der Waals surface area contributed by atoms with Crippen molar-refractivity contribution in [1.82, 2.24) is 19.5 Å². The third-order valence-corrected chi connectivity index (χ3v) is 3.48. The largest absolute Gasteiger partial charge is 0.422 e. The minimum atomic E-state index is -0.499. The lowest BCUT2D eigenvalue weighted by molar-refractivity contribution is 0.169. The van der Waals surface area contributed by atoms with E-state index in [2.05, 4.69) is 23.9 Å². The van der Waals surface area contributed by atoms with Gasteiger partial charge in [0.25, 0.3) is 11.5 Å². The fourth-order valence-electron chi connectivity index (χ4n) is 2.51. The topological polar surface area (TPSA) is 72.9 Å². The molecule has 0 bridgehead atoms. The summed E-state index contributed by atoms with van der Waals surface area (Å²) in [5, 5.41) is 15.0. The highest BCUT2D eigenvalue weighted by atomic mass is 16.5. The molecule has 0 aliphatic rings. The van der Waals surface area contributed by atoms with Crippen LogP contribution in [0.15, 0.2) is 35.1 Å². The van der Waals surface area contributed by atoms with Crippen LogP contribution in [-0.4, -0.2) is 24.7 Å². The van der Waals surface area contributed by atoms with Gasteiger partial charge in [0.2, 0.25) is 0 Å². The molecule has 0 aliphatic carbocycles. The Balaban J connectivity index is 2.20. The molecule has 6 heteroatoms. The van der Waals surface area contributed by atoms with Gasteiger partial charge in [-0.25, -0.2) is 9.67 Å².